The highest BCUT2D eigenvalue weighted by Crippen LogP contribution is 2.31. The SMILES string of the molecule is Cc1cc(Nc2cc3c(cn2)n(C)c(=O)n3C2CCCC2)ccn1. The number of hydrogen-bond acceptors (Lipinski definition) is 4. The van der Waals surface area contributed by atoms with Crippen LogP contribution in [-0.2, 0) is 7.05 Å². The molecule has 1 aliphatic rings. The molecule has 3 heterocycles. The second kappa shape index (κ2) is 5.78. The first-order valence-electron chi connectivity index (χ1n) is 8.40. The monoisotopic (exact) mass is 323 g/mol. The minimum absolute atomic E-state index is 0.0515. The van der Waals surface area contributed by atoms with E-state index < -0.39 is 0 Å². The van der Waals surface area contributed by atoms with Gasteiger partial charge in [0.15, 0.2) is 0 Å². The number of pyridine rings is 2. The number of anilines is 2. The molecule has 0 unspecified atom stereocenters. The van der Waals surface area contributed by atoms with Crippen LogP contribution in [0.1, 0.15) is 37.4 Å². The molecule has 1 N–H and O–H groups in total. The summed E-state index contributed by atoms with van der Waals surface area (Å²) >= 11 is 0. The van der Waals surface area contributed by atoms with E-state index in [1.54, 1.807) is 17.0 Å². The van der Waals surface area contributed by atoms with E-state index in [-0.39, 0.29) is 5.69 Å². The molecular formula is C18H21N5O. The van der Waals surface area contributed by atoms with Gasteiger partial charge in [-0.3, -0.25) is 14.1 Å². The van der Waals surface area contributed by atoms with Crippen molar-refractivity contribution in [3.8, 4) is 0 Å². The molecule has 1 saturated carbocycles. The predicted octanol–water partition coefficient (Wildman–Crippen LogP) is 3.30. The summed E-state index contributed by atoms with van der Waals surface area (Å²) in [5.74, 6) is 0.741. The van der Waals surface area contributed by atoms with E-state index >= 15 is 0 Å². The van der Waals surface area contributed by atoms with Crippen molar-refractivity contribution in [2.75, 3.05) is 5.32 Å². The molecule has 0 spiro atoms. The maximum atomic E-state index is 12.7. The van der Waals surface area contributed by atoms with Crippen molar-refractivity contribution in [2.24, 2.45) is 7.05 Å². The van der Waals surface area contributed by atoms with Gasteiger partial charge in [0.1, 0.15) is 5.82 Å². The number of nitrogens with one attached hydrogen (secondary N) is 1. The van der Waals surface area contributed by atoms with Crippen molar-refractivity contribution < 1.29 is 0 Å². The molecule has 1 fully saturated rings. The minimum atomic E-state index is 0.0515. The van der Waals surface area contributed by atoms with Gasteiger partial charge in [-0.25, -0.2) is 9.78 Å². The summed E-state index contributed by atoms with van der Waals surface area (Å²) in [4.78, 5) is 21.3. The molecule has 0 aromatic carbocycles. The van der Waals surface area contributed by atoms with Gasteiger partial charge in [-0.2, -0.15) is 0 Å². The van der Waals surface area contributed by atoms with Crippen molar-refractivity contribution in [2.45, 2.75) is 38.6 Å². The summed E-state index contributed by atoms with van der Waals surface area (Å²) in [6.07, 6.45) is 8.09. The van der Waals surface area contributed by atoms with Gasteiger partial charge < -0.3 is 5.32 Å². The highest BCUT2D eigenvalue weighted by atomic mass is 16.1. The summed E-state index contributed by atoms with van der Waals surface area (Å²) in [5.41, 5.74) is 3.78. The van der Waals surface area contributed by atoms with Crippen molar-refractivity contribution >= 4 is 22.5 Å². The number of hydrogen-bond donors (Lipinski definition) is 1. The second-order valence-electron chi connectivity index (χ2n) is 6.52. The Morgan fingerprint density at radius 1 is 1.17 bits per heavy atom. The molecule has 3 aromatic heterocycles. The number of aryl methyl sites for hydroxylation is 2. The number of fused-ring (bicyclic) bond motifs is 1. The van der Waals surface area contributed by atoms with Gasteiger partial charge in [-0.05, 0) is 31.9 Å². The van der Waals surface area contributed by atoms with Crippen LogP contribution < -0.4 is 11.0 Å². The van der Waals surface area contributed by atoms with E-state index in [0.717, 1.165) is 41.1 Å². The fourth-order valence-electron chi connectivity index (χ4n) is 3.61. The molecule has 3 aromatic rings. The second-order valence-corrected chi connectivity index (χ2v) is 6.52. The summed E-state index contributed by atoms with van der Waals surface area (Å²) in [6, 6.07) is 6.17. The number of nitrogens with zero attached hydrogens (tertiary/aromatic N) is 4. The lowest BCUT2D eigenvalue weighted by Crippen LogP contribution is -2.24. The molecule has 0 aliphatic heterocycles. The predicted molar refractivity (Wildman–Crippen MR) is 94.7 cm³/mol. The van der Waals surface area contributed by atoms with E-state index in [9.17, 15) is 4.79 Å². The first-order valence-corrected chi connectivity index (χ1v) is 8.40. The zero-order chi connectivity index (χ0) is 16.7. The van der Waals surface area contributed by atoms with Crippen LogP contribution in [0.2, 0.25) is 0 Å². The van der Waals surface area contributed by atoms with Crippen LogP contribution in [-0.4, -0.2) is 19.1 Å². The van der Waals surface area contributed by atoms with Crippen LogP contribution in [0.25, 0.3) is 11.0 Å². The Morgan fingerprint density at radius 3 is 2.71 bits per heavy atom. The van der Waals surface area contributed by atoms with Crippen molar-refractivity contribution in [1.82, 2.24) is 19.1 Å². The van der Waals surface area contributed by atoms with E-state index in [4.69, 9.17) is 0 Å². The molecule has 0 atom stereocenters. The standard InChI is InChI=1S/C18H21N5O/c1-12-9-13(7-8-19-12)21-17-10-15-16(11-20-17)22(2)18(24)23(15)14-5-3-4-6-14/h7-11,14H,3-6H2,1-2H3,(H,19,20,21). The van der Waals surface area contributed by atoms with Crippen LogP contribution in [0, 0.1) is 6.92 Å². The van der Waals surface area contributed by atoms with Crippen LogP contribution in [0.3, 0.4) is 0 Å². The molecule has 124 valence electrons. The fourth-order valence-corrected chi connectivity index (χ4v) is 3.61. The van der Waals surface area contributed by atoms with Crippen molar-refractivity contribution in [3.63, 3.8) is 0 Å². The molecular weight excluding hydrogens is 302 g/mol. The summed E-state index contributed by atoms with van der Waals surface area (Å²) in [7, 11) is 1.82. The zero-order valence-electron chi connectivity index (χ0n) is 14.0. The third kappa shape index (κ3) is 2.48. The lowest BCUT2D eigenvalue weighted by atomic mass is 10.2. The van der Waals surface area contributed by atoms with E-state index in [1.807, 2.05) is 36.7 Å². The van der Waals surface area contributed by atoms with Gasteiger partial charge in [0, 0.05) is 36.7 Å². The molecule has 0 radical (unpaired) electrons. The molecule has 4 rings (SSSR count). The summed E-state index contributed by atoms with van der Waals surface area (Å²) in [6.45, 7) is 1.96. The number of rotatable bonds is 3. The molecule has 1 aliphatic carbocycles. The van der Waals surface area contributed by atoms with E-state index in [1.165, 1.54) is 12.8 Å². The molecule has 0 saturated heterocycles. The Labute approximate surface area is 140 Å². The first kappa shape index (κ1) is 14.9. The van der Waals surface area contributed by atoms with Gasteiger partial charge in [0.05, 0.1) is 17.2 Å². The number of imidazole rings is 1. The minimum Gasteiger partial charge on any atom is -0.340 e. The lowest BCUT2D eigenvalue weighted by Gasteiger charge is -2.12. The van der Waals surface area contributed by atoms with Crippen molar-refractivity contribution in [1.29, 1.82) is 0 Å². The summed E-state index contributed by atoms with van der Waals surface area (Å²) < 4.78 is 3.65. The van der Waals surface area contributed by atoms with Crippen LogP contribution >= 0.6 is 0 Å². The highest BCUT2D eigenvalue weighted by Gasteiger charge is 2.23. The maximum Gasteiger partial charge on any atom is 0.329 e. The Hall–Kier alpha value is -2.63. The maximum absolute atomic E-state index is 12.7. The lowest BCUT2D eigenvalue weighted by molar-refractivity contribution is 0.509. The summed E-state index contributed by atoms with van der Waals surface area (Å²) in [5, 5.41) is 3.31. The van der Waals surface area contributed by atoms with Crippen molar-refractivity contribution in [3.05, 3.63) is 46.8 Å². The Balaban J connectivity index is 1.79. The average Bonchev–Trinajstić information content (AvgIpc) is 3.16. The molecule has 6 nitrogen and oxygen atoms in total. The van der Waals surface area contributed by atoms with Gasteiger partial charge in [0.25, 0.3) is 0 Å². The highest BCUT2D eigenvalue weighted by molar-refractivity contribution is 5.79. The average molecular weight is 323 g/mol. The normalized spacial score (nSPS) is 15.2. The van der Waals surface area contributed by atoms with Crippen LogP contribution in [0.15, 0.2) is 35.4 Å². The zero-order valence-corrected chi connectivity index (χ0v) is 14.0. The van der Waals surface area contributed by atoms with Crippen LogP contribution in [0.4, 0.5) is 11.5 Å². The molecule has 0 bridgehead atoms. The molecule has 24 heavy (non-hydrogen) atoms. The Bertz CT molecular complexity index is 950. The fraction of sp³-hybridized carbons (Fsp3) is 0.389. The molecule has 6 heteroatoms. The molecule has 0 amide bonds. The van der Waals surface area contributed by atoms with E-state index in [0.29, 0.717) is 6.04 Å². The van der Waals surface area contributed by atoms with Gasteiger partial charge in [-0.1, -0.05) is 12.8 Å². The van der Waals surface area contributed by atoms with Gasteiger partial charge >= 0.3 is 5.69 Å². The topological polar surface area (TPSA) is 64.7 Å². The van der Waals surface area contributed by atoms with E-state index in [2.05, 4.69) is 15.3 Å². The Morgan fingerprint density at radius 2 is 1.96 bits per heavy atom. The third-order valence-electron chi connectivity index (χ3n) is 4.83. The Kier molecular flexibility index (Phi) is 3.59. The smallest absolute Gasteiger partial charge is 0.329 e. The van der Waals surface area contributed by atoms with Gasteiger partial charge in [0.2, 0.25) is 0 Å². The largest absolute Gasteiger partial charge is 0.340 e. The first-order chi connectivity index (χ1) is 11.6. The van der Waals surface area contributed by atoms with Gasteiger partial charge in [-0.15, -0.1) is 0 Å². The van der Waals surface area contributed by atoms with Crippen LogP contribution in [0.5, 0.6) is 0 Å². The third-order valence-corrected chi connectivity index (χ3v) is 4.83. The quantitative estimate of drug-likeness (QED) is 0.803. The number of aromatic nitrogens is 4.